The molecule has 0 saturated heterocycles. The third kappa shape index (κ3) is 7.10. The quantitative estimate of drug-likeness (QED) is 0.275. The van der Waals surface area contributed by atoms with Crippen molar-refractivity contribution in [2.45, 2.75) is 57.6 Å². The maximum Gasteiger partial charge on any atom is 0.247 e. The first-order valence-corrected chi connectivity index (χ1v) is 14.1. The first kappa shape index (κ1) is 29.3. The highest BCUT2D eigenvalue weighted by Crippen LogP contribution is 2.39. The molecule has 10 heteroatoms. The Hall–Kier alpha value is -2.67. The first-order chi connectivity index (χ1) is 18.7. The number of aryl methyl sites for hydroxylation is 1. The SMILES string of the molecule is COc1cc(CO)cc(I)c1O[C@H]1C=C(C(=O)NCCO)C[C@@H](N(Cc2ccc(C)cc2)C(=O)C2CC2)[C@@H]1O. The summed E-state index contributed by atoms with van der Waals surface area (Å²) in [6.07, 6.45) is 1.23. The lowest BCUT2D eigenvalue weighted by molar-refractivity contribution is -0.140. The van der Waals surface area contributed by atoms with E-state index in [2.05, 4.69) is 27.9 Å². The minimum absolute atomic E-state index is 0.0464. The maximum absolute atomic E-state index is 13.5. The van der Waals surface area contributed by atoms with Crippen molar-refractivity contribution < 1.29 is 34.4 Å². The molecule has 2 aromatic rings. The molecule has 2 aromatic carbocycles. The number of methoxy groups -OCH3 is 1. The van der Waals surface area contributed by atoms with E-state index in [9.17, 15) is 24.9 Å². The van der Waals surface area contributed by atoms with Gasteiger partial charge in [-0.15, -0.1) is 0 Å². The molecule has 39 heavy (non-hydrogen) atoms. The molecule has 0 unspecified atom stereocenters. The van der Waals surface area contributed by atoms with Crippen LogP contribution in [0.3, 0.4) is 0 Å². The smallest absolute Gasteiger partial charge is 0.247 e. The minimum Gasteiger partial charge on any atom is -0.493 e. The van der Waals surface area contributed by atoms with Gasteiger partial charge in [-0.05, 0) is 71.7 Å². The Morgan fingerprint density at radius 3 is 2.46 bits per heavy atom. The number of nitrogens with zero attached hydrogens (tertiary/aromatic N) is 1. The van der Waals surface area contributed by atoms with Crippen molar-refractivity contribution >= 4 is 34.4 Å². The fourth-order valence-electron chi connectivity index (χ4n) is 4.71. The Balaban J connectivity index is 1.70. The van der Waals surface area contributed by atoms with Crippen LogP contribution >= 0.6 is 22.6 Å². The number of carbonyl (C=O) groups is 2. The van der Waals surface area contributed by atoms with Gasteiger partial charge in [-0.3, -0.25) is 9.59 Å². The molecule has 2 amide bonds. The Labute approximate surface area is 241 Å². The van der Waals surface area contributed by atoms with Gasteiger partial charge in [0.25, 0.3) is 0 Å². The fourth-order valence-corrected chi connectivity index (χ4v) is 5.50. The number of benzene rings is 2. The molecule has 0 bridgehead atoms. The largest absolute Gasteiger partial charge is 0.493 e. The molecule has 9 nitrogen and oxygen atoms in total. The van der Waals surface area contributed by atoms with Gasteiger partial charge in [-0.2, -0.15) is 0 Å². The predicted molar refractivity (Wildman–Crippen MR) is 153 cm³/mol. The normalized spacial score (nSPS) is 20.7. The van der Waals surface area contributed by atoms with E-state index in [1.54, 1.807) is 23.1 Å². The van der Waals surface area contributed by atoms with Crippen molar-refractivity contribution in [2.24, 2.45) is 5.92 Å². The van der Waals surface area contributed by atoms with Crippen LogP contribution in [0.5, 0.6) is 11.5 Å². The minimum atomic E-state index is -1.13. The van der Waals surface area contributed by atoms with Gasteiger partial charge in [0.15, 0.2) is 11.5 Å². The summed E-state index contributed by atoms with van der Waals surface area (Å²) in [7, 11) is 1.49. The van der Waals surface area contributed by atoms with Crippen LogP contribution in [-0.2, 0) is 22.7 Å². The Morgan fingerprint density at radius 2 is 1.85 bits per heavy atom. The summed E-state index contributed by atoms with van der Waals surface area (Å²) in [5, 5.41) is 33.1. The van der Waals surface area contributed by atoms with Crippen LogP contribution in [-0.4, -0.2) is 70.5 Å². The molecular weight excluding hydrogens is 615 g/mol. The molecule has 4 N–H and O–H groups in total. The van der Waals surface area contributed by atoms with E-state index in [0.29, 0.717) is 32.8 Å². The third-order valence-electron chi connectivity index (χ3n) is 7.02. The lowest BCUT2D eigenvalue weighted by Gasteiger charge is -2.41. The molecular formula is C29H35IN2O7. The molecule has 1 saturated carbocycles. The van der Waals surface area contributed by atoms with Gasteiger partial charge in [0.2, 0.25) is 11.8 Å². The third-order valence-corrected chi connectivity index (χ3v) is 7.82. The van der Waals surface area contributed by atoms with Crippen LogP contribution in [0.4, 0.5) is 0 Å². The first-order valence-electron chi connectivity index (χ1n) is 13.0. The van der Waals surface area contributed by atoms with Gasteiger partial charge >= 0.3 is 0 Å². The van der Waals surface area contributed by atoms with Gasteiger partial charge in [-0.1, -0.05) is 29.8 Å². The number of aliphatic hydroxyl groups is 3. The zero-order chi connectivity index (χ0) is 28.1. The highest BCUT2D eigenvalue weighted by molar-refractivity contribution is 14.1. The molecule has 4 rings (SSSR count). The van der Waals surface area contributed by atoms with Gasteiger partial charge < -0.3 is 35.0 Å². The summed E-state index contributed by atoms with van der Waals surface area (Å²) in [4.78, 5) is 28.3. The number of ether oxygens (including phenoxy) is 2. The highest BCUT2D eigenvalue weighted by Gasteiger charge is 2.44. The standard InChI is InChI=1S/C29H35IN2O7/c1-17-3-5-18(6-4-17)15-32(29(37)20-7-8-20)23-13-21(28(36)31-9-10-33)14-24(26(23)35)39-27-22(30)11-19(16-34)12-25(27)38-2/h3-6,11-12,14,20,23-24,26,33-35H,7-10,13,15-16H2,1-2H3,(H,31,36)/t23-,24+,26+/m1/s1. The topological polar surface area (TPSA) is 129 Å². The number of nitrogens with one attached hydrogen (secondary N) is 1. The van der Waals surface area contributed by atoms with Crippen LogP contribution < -0.4 is 14.8 Å². The van der Waals surface area contributed by atoms with Crippen molar-refractivity contribution in [3.05, 3.63) is 68.3 Å². The van der Waals surface area contributed by atoms with Crippen molar-refractivity contribution in [1.82, 2.24) is 10.2 Å². The Morgan fingerprint density at radius 1 is 1.13 bits per heavy atom. The van der Waals surface area contributed by atoms with E-state index < -0.39 is 18.2 Å². The second-order valence-corrected chi connectivity index (χ2v) is 11.2. The molecule has 0 radical (unpaired) electrons. The van der Waals surface area contributed by atoms with Crippen molar-refractivity contribution in [3.63, 3.8) is 0 Å². The number of aliphatic hydroxyl groups excluding tert-OH is 3. The lowest BCUT2D eigenvalue weighted by Crippen LogP contribution is -2.55. The predicted octanol–water partition coefficient (Wildman–Crippen LogP) is 2.45. The van der Waals surface area contributed by atoms with Crippen molar-refractivity contribution in [1.29, 1.82) is 0 Å². The van der Waals surface area contributed by atoms with Gasteiger partial charge in [0, 0.05) is 31.0 Å². The lowest BCUT2D eigenvalue weighted by atomic mass is 9.87. The molecule has 0 aliphatic heterocycles. The molecule has 0 heterocycles. The molecule has 3 atom stereocenters. The number of hydrogen-bond acceptors (Lipinski definition) is 7. The maximum atomic E-state index is 13.5. The van der Waals surface area contributed by atoms with Crippen LogP contribution in [0, 0.1) is 16.4 Å². The van der Waals surface area contributed by atoms with Gasteiger partial charge in [0.05, 0.1) is 29.9 Å². The molecule has 210 valence electrons. The summed E-state index contributed by atoms with van der Waals surface area (Å²) in [6.45, 7) is 1.98. The van der Waals surface area contributed by atoms with E-state index >= 15 is 0 Å². The Kier molecular flexibility index (Phi) is 9.86. The van der Waals surface area contributed by atoms with Crippen molar-refractivity contribution in [3.8, 4) is 11.5 Å². The Bertz CT molecular complexity index is 1210. The summed E-state index contributed by atoms with van der Waals surface area (Å²) < 4.78 is 12.5. The summed E-state index contributed by atoms with van der Waals surface area (Å²) in [5.74, 6) is 0.220. The average molecular weight is 651 g/mol. The van der Waals surface area contributed by atoms with Crippen LogP contribution in [0.1, 0.15) is 36.0 Å². The van der Waals surface area contributed by atoms with Crippen LogP contribution in [0.15, 0.2) is 48.0 Å². The summed E-state index contributed by atoms with van der Waals surface area (Å²) >= 11 is 2.07. The van der Waals surface area contributed by atoms with Gasteiger partial charge in [0.1, 0.15) is 12.2 Å². The van der Waals surface area contributed by atoms with E-state index in [4.69, 9.17) is 9.47 Å². The number of rotatable bonds is 11. The molecule has 0 aromatic heterocycles. The van der Waals surface area contributed by atoms with E-state index in [0.717, 1.165) is 24.0 Å². The zero-order valence-electron chi connectivity index (χ0n) is 22.1. The van der Waals surface area contributed by atoms with E-state index in [1.807, 2.05) is 31.2 Å². The number of hydrogen-bond donors (Lipinski definition) is 4. The van der Waals surface area contributed by atoms with E-state index in [1.165, 1.54) is 7.11 Å². The fraction of sp³-hybridized carbons (Fsp3) is 0.448. The highest BCUT2D eigenvalue weighted by atomic mass is 127. The monoisotopic (exact) mass is 650 g/mol. The second-order valence-electron chi connectivity index (χ2n) is 10.0. The second kappa shape index (κ2) is 13.1. The number of carbonyl (C=O) groups excluding carboxylic acids is 2. The summed E-state index contributed by atoms with van der Waals surface area (Å²) in [6, 6.07) is 10.6. The van der Waals surface area contributed by atoms with Gasteiger partial charge in [-0.25, -0.2) is 0 Å². The van der Waals surface area contributed by atoms with E-state index in [-0.39, 0.29) is 43.9 Å². The summed E-state index contributed by atoms with van der Waals surface area (Å²) in [5.41, 5.74) is 3.04. The number of amides is 2. The van der Waals surface area contributed by atoms with Crippen molar-refractivity contribution in [2.75, 3.05) is 20.3 Å². The number of halogens is 1. The zero-order valence-corrected chi connectivity index (χ0v) is 24.3. The molecule has 2 aliphatic carbocycles. The van der Waals surface area contributed by atoms with Crippen LogP contribution in [0.2, 0.25) is 0 Å². The molecule has 1 fully saturated rings. The molecule has 2 aliphatic rings. The molecule has 0 spiro atoms. The average Bonchev–Trinajstić information content (AvgIpc) is 3.78. The van der Waals surface area contributed by atoms with Crippen LogP contribution in [0.25, 0.3) is 0 Å².